The van der Waals surface area contributed by atoms with E-state index in [0.717, 1.165) is 24.7 Å². The monoisotopic (exact) mass is 306 g/mol. The zero-order valence-corrected chi connectivity index (χ0v) is 12.8. The molecule has 0 amide bonds. The summed E-state index contributed by atoms with van der Waals surface area (Å²) in [7, 11) is -3.22. The van der Waals surface area contributed by atoms with Crippen molar-refractivity contribution in [2.45, 2.75) is 24.9 Å². The van der Waals surface area contributed by atoms with Crippen molar-refractivity contribution >= 4 is 9.84 Å². The normalized spacial score (nSPS) is 15.9. The average molecular weight is 306 g/mol. The van der Waals surface area contributed by atoms with E-state index in [1.165, 1.54) is 0 Å². The van der Waals surface area contributed by atoms with Crippen LogP contribution in [0.4, 0.5) is 0 Å². The van der Waals surface area contributed by atoms with Crippen LogP contribution in [0.1, 0.15) is 11.6 Å². The molecule has 0 spiro atoms. The molecule has 0 bridgehead atoms. The van der Waals surface area contributed by atoms with Gasteiger partial charge in [-0.2, -0.15) is 0 Å². The van der Waals surface area contributed by atoms with Gasteiger partial charge in [-0.15, -0.1) is 10.2 Å². The largest absolute Gasteiger partial charge is 0.313 e. The Bertz CT molecular complexity index is 725. The van der Waals surface area contributed by atoms with E-state index >= 15 is 0 Å². The van der Waals surface area contributed by atoms with Crippen LogP contribution >= 0.6 is 0 Å². The maximum atomic E-state index is 12.3. The maximum absolute atomic E-state index is 12.3. The van der Waals surface area contributed by atoms with Crippen LogP contribution < -0.4 is 0 Å². The number of hydrogen-bond donors (Lipinski definition) is 0. The minimum atomic E-state index is -3.22. The van der Waals surface area contributed by atoms with E-state index in [0.29, 0.717) is 18.0 Å². The first-order chi connectivity index (χ1) is 10.1. The Morgan fingerprint density at radius 2 is 1.90 bits per heavy atom. The van der Waals surface area contributed by atoms with Crippen molar-refractivity contribution in [2.24, 2.45) is 0 Å². The highest BCUT2D eigenvalue weighted by atomic mass is 32.2. The second-order valence-corrected chi connectivity index (χ2v) is 7.33. The van der Waals surface area contributed by atoms with Gasteiger partial charge in [-0.25, -0.2) is 8.42 Å². The third-order valence-corrected chi connectivity index (χ3v) is 5.51. The van der Waals surface area contributed by atoms with Gasteiger partial charge in [0.05, 0.1) is 17.2 Å². The van der Waals surface area contributed by atoms with Gasteiger partial charge in [0.15, 0.2) is 9.84 Å². The van der Waals surface area contributed by atoms with Gasteiger partial charge >= 0.3 is 0 Å². The van der Waals surface area contributed by atoms with Crippen molar-refractivity contribution in [3.8, 4) is 0 Å². The topological polar surface area (TPSA) is 68.1 Å². The molecule has 112 valence electrons. The van der Waals surface area contributed by atoms with Crippen molar-refractivity contribution in [3.63, 3.8) is 0 Å². The summed E-state index contributed by atoms with van der Waals surface area (Å²) in [5.74, 6) is 1.96. The zero-order valence-electron chi connectivity index (χ0n) is 11.9. The summed E-state index contributed by atoms with van der Waals surface area (Å²) in [6.07, 6.45) is 0. The first kappa shape index (κ1) is 14.2. The van der Waals surface area contributed by atoms with Gasteiger partial charge in [0.1, 0.15) is 11.6 Å². The quantitative estimate of drug-likeness (QED) is 0.838. The number of nitrogens with zero attached hydrogens (tertiary/aromatic N) is 4. The molecule has 0 radical (unpaired) electrons. The second-order valence-electron chi connectivity index (χ2n) is 5.22. The fourth-order valence-corrected chi connectivity index (χ4v) is 3.85. The van der Waals surface area contributed by atoms with Gasteiger partial charge < -0.3 is 4.57 Å². The summed E-state index contributed by atoms with van der Waals surface area (Å²) in [5, 5.41) is 8.19. The molecular formula is C14H18N4O2S. The Morgan fingerprint density at radius 3 is 2.67 bits per heavy atom. The summed E-state index contributed by atoms with van der Waals surface area (Å²) in [6.45, 7) is 4.76. The van der Waals surface area contributed by atoms with E-state index in [-0.39, 0.29) is 5.75 Å². The molecule has 3 rings (SSSR count). The molecule has 0 aliphatic carbocycles. The van der Waals surface area contributed by atoms with Crippen LogP contribution in [0.25, 0.3) is 0 Å². The number of sulfone groups is 1. The zero-order chi connectivity index (χ0) is 14.9. The van der Waals surface area contributed by atoms with E-state index < -0.39 is 9.84 Å². The van der Waals surface area contributed by atoms with Crippen LogP contribution in [0.3, 0.4) is 0 Å². The molecule has 1 aliphatic heterocycles. The van der Waals surface area contributed by atoms with Gasteiger partial charge in [0.2, 0.25) is 0 Å². The van der Waals surface area contributed by atoms with Gasteiger partial charge in [0.25, 0.3) is 0 Å². The third-order valence-electron chi connectivity index (χ3n) is 3.80. The summed E-state index contributed by atoms with van der Waals surface area (Å²) in [5.41, 5.74) is 0. The number of aromatic nitrogens is 3. The van der Waals surface area contributed by atoms with E-state index in [2.05, 4.69) is 19.7 Å². The number of benzene rings is 1. The molecule has 2 aromatic rings. The lowest BCUT2D eigenvalue weighted by molar-refractivity contribution is 0.227. The molecule has 0 saturated heterocycles. The molecule has 1 aliphatic rings. The molecule has 0 atom stereocenters. The number of aryl methyl sites for hydroxylation is 1. The molecule has 6 nitrogen and oxygen atoms in total. The molecule has 21 heavy (non-hydrogen) atoms. The summed E-state index contributed by atoms with van der Waals surface area (Å²) < 4.78 is 26.6. The predicted molar refractivity (Wildman–Crippen MR) is 78.5 cm³/mol. The first-order valence-corrected chi connectivity index (χ1v) is 8.60. The van der Waals surface area contributed by atoms with E-state index in [9.17, 15) is 8.42 Å². The lowest BCUT2D eigenvalue weighted by atomic mass is 10.3. The minimum absolute atomic E-state index is 0.129. The second kappa shape index (κ2) is 5.57. The average Bonchev–Trinajstić information content (AvgIpc) is 2.87. The molecule has 7 heteroatoms. The molecular weight excluding hydrogens is 288 g/mol. The summed E-state index contributed by atoms with van der Waals surface area (Å²) in [4.78, 5) is 2.50. The Kier molecular flexibility index (Phi) is 3.77. The van der Waals surface area contributed by atoms with E-state index in [1.54, 1.807) is 24.3 Å². The minimum Gasteiger partial charge on any atom is -0.313 e. The Hall–Kier alpha value is -1.73. The van der Waals surface area contributed by atoms with Gasteiger partial charge in [-0.05, 0) is 19.1 Å². The number of rotatable bonds is 4. The molecule has 0 unspecified atom stereocenters. The summed E-state index contributed by atoms with van der Waals surface area (Å²) in [6, 6.07) is 8.61. The maximum Gasteiger partial charge on any atom is 0.179 e. The van der Waals surface area contributed by atoms with E-state index in [4.69, 9.17) is 0 Å². The third kappa shape index (κ3) is 2.98. The fourth-order valence-electron chi connectivity index (χ4n) is 2.54. The Labute approximate surface area is 124 Å². The van der Waals surface area contributed by atoms with Crippen molar-refractivity contribution in [1.82, 2.24) is 19.7 Å². The van der Waals surface area contributed by atoms with Crippen molar-refractivity contribution in [2.75, 3.05) is 18.8 Å². The SMILES string of the molecule is Cc1nnc2n1CCN(CCS(=O)(=O)c1ccccc1)C2. The van der Waals surface area contributed by atoms with Crippen LogP contribution in [0.15, 0.2) is 35.2 Å². The van der Waals surface area contributed by atoms with Crippen LogP contribution in [0.5, 0.6) is 0 Å². The van der Waals surface area contributed by atoms with Crippen LogP contribution in [-0.2, 0) is 22.9 Å². The molecule has 0 saturated carbocycles. The van der Waals surface area contributed by atoms with Crippen molar-refractivity contribution in [1.29, 1.82) is 0 Å². The highest BCUT2D eigenvalue weighted by Crippen LogP contribution is 2.14. The fraction of sp³-hybridized carbons (Fsp3) is 0.429. The van der Waals surface area contributed by atoms with Crippen LogP contribution in [-0.4, -0.2) is 46.9 Å². The Morgan fingerprint density at radius 1 is 1.14 bits per heavy atom. The standard InChI is InChI=1S/C14H18N4O2S/c1-12-15-16-14-11-17(7-8-18(12)14)9-10-21(19,20)13-5-3-2-4-6-13/h2-6H,7-11H2,1H3. The molecule has 0 N–H and O–H groups in total. The number of hydrogen-bond acceptors (Lipinski definition) is 5. The first-order valence-electron chi connectivity index (χ1n) is 6.95. The predicted octanol–water partition coefficient (Wildman–Crippen LogP) is 0.876. The van der Waals surface area contributed by atoms with Crippen LogP contribution in [0.2, 0.25) is 0 Å². The molecule has 2 heterocycles. The highest BCUT2D eigenvalue weighted by Gasteiger charge is 2.22. The Balaban J connectivity index is 1.64. The van der Waals surface area contributed by atoms with Gasteiger partial charge in [0, 0.05) is 19.6 Å². The number of fused-ring (bicyclic) bond motifs is 1. The molecule has 0 fully saturated rings. The van der Waals surface area contributed by atoms with Crippen molar-refractivity contribution in [3.05, 3.63) is 42.0 Å². The summed E-state index contributed by atoms with van der Waals surface area (Å²) >= 11 is 0. The van der Waals surface area contributed by atoms with Crippen molar-refractivity contribution < 1.29 is 8.42 Å². The smallest absolute Gasteiger partial charge is 0.179 e. The lowest BCUT2D eigenvalue weighted by Gasteiger charge is -2.27. The molecule has 1 aromatic carbocycles. The van der Waals surface area contributed by atoms with Gasteiger partial charge in [-0.1, -0.05) is 18.2 Å². The molecule has 1 aromatic heterocycles. The van der Waals surface area contributed by atoms with Crippen LogP contribution in [0, 0.1) is 6.92 Å². The lowest BCUT2D eigenvalue weighted by Crippen LogP contribution is -2.37. The van der Waals surface area contributed by atoms with E-state index in [1.807, 2.05) is 13.0 Å². The van der Waals surface area contributed by atoms with Gasteiger partial charge in [-0.3, -0.25) is 4.90 Å². The highest BCUT2D eigenvalue weighted by molar-refractivity contribution is 7.91.